The second-order valence-electron chi connectivity index (χ2n) is 4.92. The van der Waals surface area contributed by atoms with Gasteiger partial charge in [0.25, 0.3) is 0 Å². The van der Waals surface area contributed by atoms with Crippen molar-refractivity contribution in [1.29, 1.82) is 0 Å². The lowest BCUT2D eigenvalue weighted by molar-refractivity contribution is 0.489. The van der Waals surface area contributed by atoms with Crippen molar-refractivity contribution in [2.45, 2.75) is 6.92 Å². The molecule has 0 saturated heterocycles. The summed E-state index contributed by atoms with van der Waals surface area (Å²) in [4.78, 5) is 4.65. The minimum Gasteiger partial charge on any atom is -0.457 e. The first kappa shape index (κ1) is 12.4. The fraction of sp³-hybridized carbons (Fsp3) is 0.0556. The molecule has 1 aromatic heterocycles. The van der Waals surface area contributed by atoms with Gasteiger partial charge in [0.15, 0.2) is 0 Å². The molecular formula is C18H13NOS. The number of aromatic nitrogens is 1. The third-order valence-corrected chi connectivity index (χ3v) is 4.36. The Balaban J connectivity index is 1.98. The fourth-order valence-electron chi connectivity index (χ4n) is 2.53. The minimum absolute atomic E-state index is 0.850. The lowest BCUT2D eigenvalue weighted by atomic mass is 10.1. The van der Waals surface area contributed by atoms with Crippen LogP contribution in [-0.4, -0.2) is 4.98 Å². The molecule has 102 valence electrons. The molecule has 0 aliphatic heterocycles. The summed E-state index contributed by atoms with van der Waals surface area (Å²) in [5, 5.41) is 3.32. The molecule has 0 bridgehead atoms. The van der Waals surface area contributed by atoms with Gasteiger partial charge in [-0.2, -0.15) is 0 Å². The molecule has 2 nitrogen and oxygen atoms in total. The zero-order chi connectivity index (χ0) is 14.2. The van der Waals surface area contributed by atoms with Crippen molar-refractivity contribution in [2.75, 3.05) is 0 Å². The van der Waals surface area contributed by atoms with Gasteiger partial charge in [-0.05, 0) is 19.1 Å². The summed E-state index contributed by atoms with van der Waals surface area (Å²) < 4.78 is 7.25. The van der Waals surface area contributed by atoms with Gasteiger partial charge in [-0.3, -0.25) is 0 Å². The highest BCUT2D eigenvalue weighted by Gasteiger charge is 2.11. The maximum Gasteiger partial charge on any atom is 0.136 e. The fourth-order valence-corrected chi connectivity index (χ4v) is 3.41. The standard InChI is InChI=1S/C18H13NOS/c1-12-19-18-15-10-6-5-9-14(15)16(11-17(18)21-12)20-13-7-3-2-4-8-13/h2-11H,1H3. The predicted molar refractivity (Wildman–Crippen MR) is 88.4 cm³/mol. The first-order valence-corrected chi connectivity index (χ1v) is 7.65. The van der Waals surface area contributed by atoms with Crippen molar-refractivity contribution < 1.29 is 4.74 Å². The zero-order valence-corrected chi connectivity index (χ0v) is 12.4. The third kappa shape index (κ3) is 2.16. The van der Waals surface area contributed by atoms with Crippen LogP contribution in [-0.2, 0) is 0 Å². The van der Waals surface area contributed by atoms with Gasteiger partial charge in [0.1, 0.15) is 11.5 Å². The highest BCUT2D eigenvalue weighted by Crippen LogP contribution is 2.37. The van der Waals surface area contributed by atoms with Gasteiger partial charge in [-0.1, -0.05) is 42.5 Å². The molecule has 0 aliphatic rings. The second-order valence-corrected chi connectivity index (χ2v) is 6.15. The number of aryl methyl sites for hydroxylation is 1. The van der Waals surface area contributed by atoms with E-state index in [0.717, 1.165) is 37.5 Å². The zero-order valence-electron chi connectivity index (χ0n) is 11.5. The first-order chi connectivity index (χ1) is 10.3. The number of hydrogen-bond acceptors (Lipinski definition) is 3. The second kappa shape index (κ2) is 4.86. The highest BCUT2D eigenvalue weighted by molar-refractivity contribution is 7.18. The molecule has 0 unspecified atom stereocenters. The minimum atomic E-state index is 0.850. The number of ether oxygens (including phenoxy) is 1. The van der Waals surface area contributed by atoms with Crippen LogP contribution in [0.5, 0.6) is 11.5 Å². The van der Waals surface area contributed by atoms with Crippen LogP contribution in [0, 0.1) is 6.92 Å². The lowest BCUT2D eigenvalue weighted by Gasteiger charge is -2.09. The summed E-state index contributed by atoms with van der Waals surface area (Å²) in [7, 11) is 0. The third-order valence-electron chi connectivity index (χ3n) is 3.44. The van der Waals surface area contributed by atoms with Gasteiger partial charge in [-0.15, -0.1) is 11.3 Å². The number of thiazole rings is 1. The van der Waals surface area contributed by atoms with E-state index in [-0.39, 0.29) is 0 Å². The quantitative estimate of drug-likeness (QED) is 0.483. The Morgan fingerprint density at radius 2 is 1.62 bits per heavy atom. The SMILES string of the molecule is Cc1nc2c(cc(Oc3ccccc3)c3ccccc32)s1. The molecule has 0 saturated carbocycles. The molecule has 3 aromatic carbocycles. The molecule has 0 fully saturated rings. The lowest BCUT2D eigenvalue weighted by Crippen LogP contribution is -1.86. The molecule has 0 N–H and O–H groups in total. The summed E-state index contributed by atoms with van der Waals surface area (Å²) in [5.41, 5.74) is 1.06. The normalized spacial score (nSPS) is 11.1. The summed E-state index contributed by atoms with van der Waals surface area (Å²) in [6, 6.07) is 20.2. The van der Waals surface area contributed by atoms with Crippen LogP contribution in [0.4, 0.5) is 0 Å². The Labute approximate surface area is 126 Å². The van der Waals surface area contributed by atoms with Crippen LogP contribution < -0.4 is 4.74 Å². The molecule has 4 rings (SSSR count). The number of para-hydroxylation sites is 1. The number of nitrogens with zero attached hydrogens (tertiary/aromatic N) is 1. The van der Waals surface area contributed by atoms with E-state index in [1.807, 2.05) is 49.4 Å². The molecule has 0 radical (unpaired) electrons. The van der Waals surface area contributed by atoms with Gasteiger partial charge < -0.3 is 4.74 Å². The van der Waals surface area contributed by atoms with Crippen molar-refractivity contribution in [2.24, 2.45) is 0 Å². The Morgan fingerprint density at radius 1 is 0.905 bits per heavy atom. The first-order valence-electron chi connectivity index (χ1n) is 6.83. The summed E-state index contributed by atoms with van der Waals surface area (Å²) >= 11 is 1.70. The van der Waals surface area contributed by atoms with Gasteiger partial charge >= 0.3 is 0 Å². The van der Waals surface area contributed by atoms with Crippen LogP contribution in [0.1, 0.15) is 5.01 Å². The monoisotopic (exact) mass is 291 g/mol. The van der Waals surface area contributed by atoms with Gasteiger partial charge in [0.05, 0.1) is 15.2 Å². The van der Waals surface area contributed by atoms with E-state index in [9.17, 15) is 0 Å². The molecule has 4 aromatic rings. The van der Waals surface area contributed by atoms with Gasteiger partial charge in [-0.25, -0.2) is 4.98 Å². The van der Waals surface area contributed by atoms with Crippen molar-refractivity contribution in [3.63, 3.8) is 0 Å². The maximum atomic E-state index is 6.09. The van der Waals surface area contributed by atoms with Crippen LogP contribution in [0.25, 0.3) is 21.0 Å². The van der Waals surface area contributed by atoms with Crippen LogP contribution in [0.3, 0.4) is 0 Å². The van der Waals surface area contributed by atoms with Crippen LogP contribution in [0.2, 0.25) is 0 Å². The Bertz CT molecular complexity index is 928. The Hall–Kier alpha value is -2.39. The van der Waals surface area contributed by atoms with E-state index in [0.29, 0.717) is 0 Å². The molecule has 0 atom stereocenters. The van der Waals surface area contributed by atoms with E-state index < -0.39 is 0 Å². The molecule has 0 aliphatic carbocycles. The highest BCUT2D eigenvalue weighted by atomic mass is 32.1. The van der Waals surface area contributed by atoms with E-state index >= 15 is 0 Å². The largest absolute Gasteiger partial charge is 0.457 e. The number of hydrogen-bond donors (Lipinski definition) is 0. The Morgan fingerprint density at radius 3 is 2.43 bits per heavy atom. The Kier molecular flexibility index (Phi) is 2.86. The van der Waals surface area contributed by atoms with Gasteiger partial charge in [0, 0.05) is 16.8 Å². The molecule has 3 heteroatoms. The average molecular weight is 291 g/mol. The molecule has 1 heterocycles. The van der Waals surface area contributed by atoms with E-state index in [1.165, 1.54) is 0 Å². The van der Waals surface area contributed by atoms with Crippen molar-refractivity contribution in [1.82, 2.24) is 4.98 Å². The number of rotatable bonds is 2. The summed E-state index contributed by atoms with van der Waals surface area (Å²) in [6.45, 7) is 2.04. The van der Waals surface area contributed by atoms with Crippen LogP contribution in [0.15, 0.2) is 60.7 Å². The maximum absolute atomic E-state index is 6.09. The van der Waals surface area contributed by atoms with Crippen molar-refractivity contribution >= 4 is 32.3 Å². The number of benzene rings is 3. The van der Waals surface area contributed by atoms with Crippen LogP contribution >= 0.6 is 11.3 Å². The van der Waals surface area contributed by atoms with Crippen molar-refractivity contribution in [3.8, 4) is 11.5 Å². The summed E-state index contributed by atoms with van der Waals surface area (Å²) in [5.74, 6) is 1.73. The van der Waals surface area contributed by atoms with Crippen molar-refractivity contribution in [3.05, 3.63) is 65.7 Å². The topological polar surface area (TPSA) is 22.1 Å². The van der Waals surface area contributed by atoms with E-state index in [2.05, 4.69) is 23.2 Å². The van der Waals surface area contributed by atoms with E-state index in [1.54, 1.807) is 11.3 Å². The van der Waals surface area contributed by atoms with Gasteiger partial charge in [0.2, 0.25) is 0 Å². The molecule has 21 heavy (non-hydrogen) atoms. The predicted octanol–water partition coefficient (Wildman–Crippen LogP) is 5.55. The molecule has 0 amide bonds. The number of fused-ring (bicyclic) bond motifs is 3. The molecular weight excluding hydrogens is 278 g/mol. The summed E-state index contributed by atoms with van der Waals surface area (Å²) in [6.07, 6.45) is 0. The van der Waals surface area contributed by atoms with E-state index in [4.69, 9.17) is 4.74 Å². The average Bonchev–Trinajstić information content (AvgIpc) is 2.89. The smallest absolute Gasteiger partial charge is 0.136 e. The molecule has 0 spiro atoms.